The fraction of sp³-hybridized carbons (Fsp3) is 0.321. The number of piperazine rings is 2. The molecule has 9 heteroatoms. The summed E-state index contributed by atoms with van der Waals surface area (Å²) in [6, 6.07) is 20.4. The maximum Gasteiger partial charge on any atom is 0.243 e. The lowest BCUT2D eigenvalue weighted by Gasteiger charge is -2.39. The van der Waals surface area contributed by atoms with Gasteiger partial charge in [-0.2, -0.15) is 0 Å². The van der Waals surface area contributed by atoms with Crippen LogP contribution in [0.1, 0.15) is 6.42 Å². The van der Waals surface area contributed by atoms with Crippen LogP contribution in [0.3, 0.4) is 0 Å². The molecule has 3 aromatic carbocycles. The van der Waals surface area contributed by atoms with Crippen LogP contribution in [-0.4, -0.2) is 79.4 Å². The van der Waals surface area contributed by atoms with E-state index in [1.807, 2.05) is 66.7 Å². The zero-order chi connectivity index (χ0) is 25.8. The summed E-state index contributed by atoms with van der Waals surface area (Å²) in [6.07, 6.45) is -0.0921. The summed E-state index contributed by atoms with van der Waals surface area (Å²) in [4.78, 5) is 44.9. The Morgan fingerprint density at radius 1 is 0.919 bits per heavy atom. The third kappa shape index (κ3) is 5.87. The predicted molar refractivity (Wildman–Crippen MR) is 146 cm³/mol. The van der Waals surface area contributed by atoms with Crippen molar-refractivity contribution in [1.82, 2.24) is 15.1 Å². The number of nitrogens with one attached hydrogen (secondary N) is 2. The first-order valence-electron chi connectivity index (χ1n) is 12.6. The molecule has 5 rings (SSSR count). The van der Waals surface area contributed by atoms with Crippen LogP contribution in [0.2, 0.25) is 5.02 Å². The van der Waals surface area contributed by atoms with Crippen molar-refractivity contribution in [3.8, 4) is 0 Å². The number of hydrogen-bond acceptors (Lipinski definition) is 5. The smallest absolute Gasteiger partial charge is 0.243 e. The second-order valence-electron chi connectivity index (χ2n) is 9.41. The lowest BCUT2D eigenvalue weighted by molar-refractivity contribution is -0.145. The highest BCUT2D eigenvalue weighted by Gasteiger charge is 2.35. The number of hydrogen-bond donors (Lipinski definition) is 2. The van der Waals surface area contributed by atoms with Crippen LogP contribution in [0, 0.1) is 0 Å². The van der Waals surface area contributed by atoms with E-state index in [2.05, 4.69) is 20.4 Å². The van der Waals surface area contributed by atoms with Crippen molar-refractivity contribution in [1.29, 1.82) is 0 Å². The number of halogens is 1. The van der Waals surface area contributed by atoms with Gasteiger partial charge in [0.05, 0.1) is 13.0 Å². The minimum Gasteiger partial charge on any atom is -0.369 e. The third-order valence-corrected chi connectivity index (χ3v) is 7.27. The summed E-state index contributed by atoms with van der Waals surface area (Å²) in [5.41, 5.74) is 1.80. The summed E-state index contributed by atoms with van der Waals surface area (Å²) in [5, 5.41) is 8.39. The summed E-state index contributed by atoms with van der Waals surface area (Å²) < 4.78 is 0. The normalized spacial score (nSPS) is 18.5. The average molecular weight is 520 g/mol. The number of fused-ring (bicyclic) bond motifs is 1. The average Bonchev–Trinajstić information content (AvgIpc) is 2.91. The molecule has 2 aliphatic heterocycles. The zero-order valence-corrected chi connectivity index (χ0v) is 21.3. The topological polar surface area (TPSA) is 85.0 Å². The summed E-state index contributed by atoms with van der Waals surface area (Å²) in [6.45, 7) is 4.07. The van der Waals surface area contributed by atoms with Crippen LogP contribution >= 0.6 is 11.6 Å². The highest BCUT2D eigenvalue weighted by Crippen LogP contribution is 2.24. The van der Waals surface area contributed by atoms with Crippen LogP contribution in [0.15, 0.2) is 66.7 Å². The molecule has 0 unspecified atom stereocenters. The van der Waals surface area contributed by atoms with Crippen molar-refractivity contribution in [3.63, 3.8) is 0 Å². The Morgan fingerprint density at radius 3 is 2.43 bits per heavy atom. The molecule has 1 atom stereocenters. The van der Waals surface area contributed by atoms with Crippen LogP contribution in [0.5, 0.6) is 0 Å². The molecule has 3 amide bonds. The number of nitrogens with zero attached hydrogens (tertiary/aromatic N) is 3. The lowest BCUT2D eigenvalue weighted by Crippen LogP contribution is -2.60. The molecule has 0 aromatic heterocycles. The number of anilines is 2. The first-order chi connectivity index (χ1) is 18.0. The molecule has 8 nitrogen and oxygen atoms in total. The van der Waals surface area contributed by atoms with Crippen LogP contribution < -0.4 is 15.5 Å². The van der Waals surface area contributed by atoms with Gasteiger partial charge in [0.2, 0.25) is 17.7 Å². The standard InChI is InChI=1S/C28H30ClN5O3/c29-21-8-10-22(11-9-21)33-16-14-32(15-17-33)19-27(36)34-13-12-30-28(37)25(34)18-26(35)31-24-7-3-5-20-4-1-2-6-23(20)24/h1-11,25H,12-19H2,(H,30,37)(H,31,35)/t25-/m0/s1. The van der Waals surface area contributed by atoms with Gasteiger partial charge in [-0.3, -0.25) is 19.3 Å². The minimum absolute atomic E-state index is 0.0921. The van der Waals surface area contributed by atoms with E-state index in [-0.39, 0.29) is 30.7 Å². The van der Waals surface area contributed by atoms with Gasteiger partial charge >= 0.3 is 0 Å². The second kappa shape index (κ2) is 11.2. The van der Waals surface area contributed by atoms with Gasteiger partial charge in [0.25, 0.3) is 0 Å². The molecule has 0 saturated carbocycles. The Bertz CT molecular complexity index is 1290. The minimum atomic E-state index is -0.827. The van der Waals surface area contributed by atoms with Crippen molar-refractivity contribution in [2.75, 3.05) is 56.0 Å². The monoisotopic (exact) mass is 519 g/mol. The first-order valence-corrected chi connectivity index (χ1v) is 12.9. The number of rotatable bonds is 6. The van der Waals surface area contributed by atoms with Gasteiger partial charge in [0.1, 0.15) is 6.04 Å². The van der Waals surface area contributed by atoms with Crippen molar-refractivity contribution >= 4 is 51.5 Å². The largest absolute Gasteiger partial charge is 0.369 e. The number of amides is 3. The Hall–Kier alpha value is -3.62. The molecule has 2 aliphatic rings. The fourth-order valence-electron chi connectivity index (χ4n) is 5.03. The van der Waals surface area contributed by atoms with Gasteiger partial charge in [0.15, 0.2) is 0 Å². The quantitative estimate of drug-likeness (QED) is 0.523. The van der Waals surface area contributed by atoms with E-state index < -0.39 is 6.04 Å². The van der Waals surface area contributed by atoms with E-state index in [1.165, 1.54) is 0 Å². The van der Waals surface area contributed by atoms with Crippen LogP contribution in [-0.2, 0) is 14.4 Å². The van der Waals surface area contributed by atoms with Gasteiger partial charge in [0, 0.05) is 61.1 Å². The van der Waals surface area contributed by atoms with Crippen LogP contribution in [0.4, 0.5) is 11.4 Å². The molecule has 2 fully saturated rings. The van der Waals surface area contributed by atoms with Gasteiger partial charge in [-0.1, -0.05) is 48.0 Å². The van der Waals surface area contributed by atoms with Gasteiger partial charge < -0.3 is 20.4 Å². The molecule has 0 aliphatic carbocycles. The van der Waals surface area contributed by atoms with Gasteiger partial charge in [-0.15, -0.1) is 0 Å². The van der Waals surface area contributed by atoms with Gasteiger partial charge in [-0.05, 0) is 35.7 Å². The van der Waals surface area contributed by atoms with E-state index in [4.69, 9.17) is 11.6 Å². The molecule has 0 spiro atoms. The molecule has 2 heterocycles. The molecule has 37 heavy (non-hydrogen) atoms. The van der Waals surface area contributed by atoms with Gasteiger partial charge in [-0.25, -0.2) is 0 Å². The number of benzene rings is 3. The molecule has 2 N–H and O–H groups in total. The lowest BCUT2D eigenvalue weighted by atomic mass is 10.1. The molecule has 3 aromatic rings. The van der Waals surface area contributed by atoms with E-state index in [0.717, 1.165) is 42.6 Å². The fourth-order valence-corrected chi connectivity index (χ4v) is 5.15. The molecule has 192 valence electrons. The summed E-state index contributed by atoms with van der Waals surface area (Å²) in [7, 11) is 0. The van der Waals surface area contributed by atoms with E-state index in [0.29, 0.717) is 23.8 Å². The molecular formula is C28H30ClN5O3. The number of carbonyl (C=O) groups excluding carboxylic acids is 3. The molecule has 0 radical (unpaired) electrons. The third-order valence-electron chi connectivity index (χ3n) is 7.02. The first kappa shape index (κ1) is 25.0. The van der Waals surface area contributed by atoms with E-state index >= 15 is 0 Å². The van der Waals surface area contributed by atoms with E-state index in [1.54, 1.807) is 4.90 Å². The van der Waals surface area contributed by atoms with Crippen LogP contribution in [0.25, 0.3) is 10.8 Å². The Balaban J connectivity index is 1.19. The van der Waals surface area contributed by atoms with Crippen molar-refractivity contribution in [2.45, 2.75) is 12.5 Å². The van der Waals surface area contributed by atoms with Crippen molar-refractivity contribution in [3.05, 3.63) is 71.8 Å². The SMILES string of the molecule is O=C(C[C@H]1C(=O)NCCN1C(=O)CN1CCN(c2ccc(Cl)cc2)CC1)Nc1cccc2ccccc12. The Morgan fingerprint density at radius 2 is 1.65 bits per heavy atom. The second-order valence-corrected chi connectivity index (χ2v) is 9.85. The predicted octanol–water partition coefficient (Wildman–Crippen LogP) is 2.97. The molecular weight excluding hydrogens is 490 g/mol. The summed E-state index contributed by atoms with van der Waals surface area (Å²) in [5.74, 6) is -0.717. The highest BCUT2D eigenvalue weighted by atomic mass is 35.5. The zero-order valence-electron chi connectivity index (χ0n) is 20.5. The highest BCUT2D eigenvalue weighted by molar-refractivity contribution is 6.30. The van der Waals surface area contributed by atoms with Crippen molar-refractivity contribution in [2.24, 2.45) is 0 Å². The summed E-state index contributed by atoms with van der Waals surface area (Å²) >= 11 is 6.00. The maximum absolute atomic E-state index is 13.3. The molecule has 2 saturated heterocycles. The van der Waals surface area contributed by atoms with E-state index in [9.17, 15) is 14.4 Å². The molecule has 0 bridgehead atoms. The Kier molecular flexibility index (Phi) is 7.58. The number of carbonyl (C=O) groups is 3. The van der Waals surface area contributed by atoms with Crippen molar-refractivity contribution < 1.29 is 14.4 Å². The maximum atomic E-state index is 13.3. The Labute approximate surface area is 221 Å².